The van der Waals surface area contributed by atoms with Gasteiger partial charge in [-0.05, 0) is 13.0 Å². The summed E-state index contributed by atoms with van der Waals surface area (Å²) < 4.78 is 0. The highest BCUT2D eigenvalue weighted by Crippen LogP contribution is 2.14. The molecule has 0 aliphatic carbocycles. The molecular weight excluding hydrogens is 182 g/mol. The number of pyridine rings is 1. The van der Waals surface area contributed by atoms with E-state index in [0.717, 1.165) is 0 Å². The molecule has 0 aliphatic rings. The van der Waals surface area contributed by atoms with Crippen LogP contribution >= 0.6 is 0 Å². The van der Waals surface area contributed by atoms with Gasteiger partial charge >= 0.3 is 0 Å². The third-order valence-corrected chi connectivity index (χ3v) is 1.87. The van der Waals surface area contributed by atoms with Gasteiger partial charge in [-0.3, -0.25) is 4.79 Å². The molecule has 0 bridgehead atoms. The Kier molecular flexibility index (Phi) is 1.63. The summed E-state index contributed by atoms with van der Waals surface area (Å²) in [5.74, 6) is 0.175. The summed E-state index contributed by atoms with van der Waals surface area (Å²) in [7, 11) is 0. The fraction of sp³-hybridized carbons (Fsp3) is 0.125. The molecule has 0 fully saturated rings. The van der Waals surface area contributed by atoms with Crippen LogP contribution in [0.5, 0.6) is 0 Å². The highest BCUT2D eigenvalue weighted by atomic mass is 16.1. The Bertz CT molecular complexity index is 554. The Hall–Kier alpha value is -2.11. The van der Waals surface area contributed by atoms with Gasteiger partial charge in [0, 0.05) is 5.69 Å². The van der Waals surface area contributed by atoms with Gasteiger partial charge in [0.1, 0.15) is 11.2 Å². The molecule has 0 spiro atoms. The Balaban J connectivity index is 3.02. The van der Waals surface area contributed by atoms with E-state index in [1.807, 2.05) is 0 Å². The highest BCUT2D eigenvalue weighted by Gasteiger charge is 2.07. The fourth-order valence-corrected chi connectivity index (χ4v) is 1.33. The van der Waals surface area contributed by atoms with E-state index in [2.05, 4.69) is 15.0 Å². The lowest BCUT2D eigenvalue weighted by Gasteiger charge is -2.01. The molecule has 0 atom stereocenters. The van der Waals surface area contributed by atoms with Gasteiger partial charge < -0.3 is 16.5 Å². The molecule has 6 nitrogen and oxygen atoms in total. The van der Waals surface area contributed by atoms with Crippen molar-refractivity contribution < 1.29 is 0 Å². The van der Waals surface area contributed by atoms with Crippen LogP contribution < -0.4 is 17.0 Å². The van der Waals surface area contributed by atoms with Crippen LogP contribution in [0.15, 0.2) is 10.9 Å². The zero-order valence-electron chi connectivity index (χ0n) is 7.53. The molecule has 14 heavy (non-hydrogen) atoms. The zero-order valence-corrected chi connectivity index (χ0v) is 7.53. The van der Waals surface area contributed by atoms with Crippen LogP contribution in [0.25, 0.3) is 10.9 Å². The largest absolute Gasteiger partial charge is 0.383 e. The molecule has 72 valence electrons. The van der Waals surface area contributed by atoms with Crippen molar-refractivity contribution in [2.45, 2.75) is 6.92 Å². The molecule has 0 saturated heterocycles. The predicted molar refractivity (Wildman–Crippen MR) is 53.7 cm³/mol. The third kappa shape index (κ3) is 1.17. The molecule has 0 aliphatic heterocycles. The van der Waals surface area contributed by atoms with Gasteiger partial charge in [-0.25, -0.2) is 4.98 Å². The normalized spacial score (nSPS) is 10.6. The van der Waals surface area contributed by atoms with Crippen molar-refractivity contribution in [3.05, 3.63) is 22.1 Å². The number of fused-ring (bicyclic) bond motifs is 1. The van der Waals surface area contributed by atoms with Gasteiger partial charge in [0.25, 0.3) is 5.56 Å². The lowest BCUT2D eigenvalue weighted by molar-refractivity contribution is 1.14. The van der Waals surface area contributed by atoms with E-state index in [9.17, 15) is 4.79 Å². The summed E-state index contributed by atoms with van der Waals surface area (Å²) in [5, 5.41) is 0.282. The number of anilines is 2. The van der Waals surface area contributed by atoms with Gasteiger partial charge in [-0.1, -0.05) is 0 Å². The molecule has 0 radical (unpaired) electrons. The van der Waals surface area contributed by atoms with Crippen molar-refractivity contribution >= 4 is 22.7 Å². The smallest absolute Gasteiger partial charge is 0.261 e. The molecule has 5 N–H and O–H groups in total. The van der Waals surface area contributed by atoms with Crippen LogP contribution in [0.2, 0.25) is 0 Å². The molecular formula is C8H9N5O. The number of nitrogen functional groups attached to an aromatic ring is 2. The number of aromatic amines is 1. The SMILES string of the molecule is Cc1cc2nc(N)nc(N)c2c(=O)[nH]1. The lowest BCUT2D eigenvalue weighted by Crippen LogP contribution is -2.12. The molecule has 2 aromatic rings. The number of nitrogens with zero attached hydrogens (tertiary/aromatic N) is 2. The quantitative estimate of drug-likeness (QED) is 0.533. The Morgan fingerprint density at radius 2 is 2.07 bits per heavy atom. The summed E-state index contributed by atoms with van der Waals surface area (Å²) in [6, 6.07) is 1.70. The second-order valence-electron chi connectivity index (χ2n) is 3.01. The molecule has 2 aromatic heterocycles. The van der Waals surface area contributed by atoms with E-state index in [0.29, 0.717) is 11.2 Å². The standard InChI is InChI=1S/C8H9N5O/c1-3-2-4-5(7(14)11-3)6(9)13-8(10)12-4/h2H,1H3,(H,11,14)(H4,9,10,12,13). The Morgan fingerprint density at radius 3 is 2.79 bits per heavy atom. The Morgan fingerprint density at radius 1 is 1.36 bits per heavy atom. The minimum atomic E-state index is -0.294. The second kappa shape index (κ2) is 2.69. The number of hydrogen-bond acceptors (Lipinski definition) is 5. The summed E-state index contributed by atoms with van der Waals surface area (Å²) >= 11 is 0. The summed E-state index contributed by atoms with van der Waals surface area (Å²) in [6.07, 6.45) is 0. The van der Waals surface area contributed by atoms with Crippen LogP contribution in [0.4, 0.5) is 11.8 Å². The summed E-state index contributed by atoms with van der Waals surface area (Å²) in [5.41, 5.74) is 11.9. The van der Waals surface area contributed by atoms with Crippen molar-refractivity contribution in [3.8, 4) is 0 Å². The van der Waals surface area contributed by atoms with E-state index < -0.39 is 0 Å². The first-order valence-electron chi connectivity index (χ1n) is 4.00. The molecule has 0 amide bonds. The highest BCUT2D eigenvalue weighted by molar-refractivity contribution is 5.88. The van der Waals surface area contributed by atoms with Gasteiger partial charge in [-0.2, -0.15) is 4.98 Å². The number of hydrogen-bond donors (Lipinski definition) is 3. The van der Waals surface area contributed by atoms with Crippen molar-refractivity contribution in [1.82, 2.24) is 15.0 Å². The topological polar surface area (TPSA) is 111 Å². The van der Waals surface area contributed by atoms with Crippen LogP contribution in [0, 0.1) is 6.92 Å². The molecule has 0 aromatic carbocycles. The number of nitrogens with one attached hydrogen (secondary N) is 1. The van der Waals surface area contributed by atoms with Crippen molar-refractivity contribution in [3.63, 3.8) is 0 Å². The van der Waals surface area contributed by atoms with E-state index in [-0.39, 0.29) is 22.7 Å². The van der Waals surface area contributed by atoms with Crippen LogP contribution in [0.1, 0.15) is 5.69 Å². The van der Waals surface area contributed by atoms with Crippen molar-refractivity contribution in [1.29, 1.82) is 0 Å². The summed E-state index contributed by atoms with van der Waals surface area (Å²) in [6.45, 7) is 1.76. The zero-order chi connectivity index (χ0) is 10.3. The first kappa shape index (κ1) is 8.49. The van der Waals surface area contributed by atoms with E-state index in [1.54, 1.807) is 13.0 Å². The van der Waals surface area contributed by atoms with Gasteiger partial charge in [-0.15, -0.1) is 0 Å². The Labute approximate surface area is 79.0 Å². The van der Waals surface area contributed by atoms with E-state index in [4.69, 9.17) is 11.5 Å². The minimum absolute atomic E-state index is 0.0694. The van der Waals surface area contributed by atoms with Gasteiger partial charge in [0.15, 0.2) is 0 Å². The van der Waals surface area contributed by atoms with Crippen LogP contribution in [-0.2, 0) is 0 Å². The fourth-order valence-electron chi connectivity index (χ4n) is 1.33. The second-order valence-corrected chi connectivity index (χ2v) is 3.01. The first-order chi connectivity index (χ1) is 6.58. The monoisotopic (exact) mass is 191 g/mol. The number of aromatic nitrogens is 3. The average molecular weight is 191 g/mol. The maximum atomic E-state index is 11.5. The van der Waals surface area contributed by atoms with Gasteiger partial charge in [0.2, 0.25) is 5.95 Å². The molecule has 2 heterocycles. The number of aryl methyl sites for hydroxylation is 1. The molecule has 6 heteroatoms. The third-order valence-electron chi connectivity index (χ3n) is 1.87. The molecule has 0 saturated carbocycles. The maximum absolute atomic E-state index is 11.5. The average Bonchev–Trinajstić information content (AvgIpc) is 1.99. The van der Waals surface area contributed by atoms with Crippen LogP contribution in [0.3, 0.4) is 0 Å². The maximum Gasteiger partial charge on any atom is 0.261 e. The number of rotatable bonds is 0. The number of H-pyrrole nitrogens is 1. The predicted octanol–water partition coefficient (Wildman–Crippen LogP) is -0.209. The van der Waals surface area contributed by atoms with Crippen molar-refractivity contribution in [2.75, 3.05) is 11.5 Å². The van der Waals surface area contributed by atoms with Crippen molar-refractivity contribution in [2.24, 2.45) is 0 Å². The number of nitrogens with two attached hydrogens (primary N) is 2. The van der Waals surface area contributed by atoms with Crippen LogP contribution in [-0.4, -0.2) is 15.0 Å². The molecule has 2 rings (SSSR count). The summed E-state index contributed by atoms with van der Waals surface area (Å²) in [4.78, 5) is 21.7. The molecule has 0 unspecified atom stereocenters. The van der Waals surface area contributed by atoms with Gasteiger partial charge in [0.05, 0.1) is 5.52 Å². The first-order valence-corrected chi connectivity index (χ1v) is 4.00. The minimum Gasteiger partial charge on any atom is -0.383 e. The van der Waals surface area contributed by atoms with E-state index >= 15 is 0 Å². The lowest BCUT2D eigenvalue weighted by atomic mass is 10.2. The van der Waals surface area contributed by atoms with E-state index in [1.165, 1.54) is 0 Å².